The van der Waals surface area contributed by atoms with Gasteiger partial charge >= 0.3 is 5.97 Å². The molecule has 8 nitrogen and oxygen atoms in total. The third kappa shape index (κ3) is 4.18. The Morgan fingerprint density at radius 3 is 2.55 bits per heavy atom. The van der Waals surface area contributed by atoms with E-state index in [1.807, 2.05) is 19.1 Å². The fourth-order valence-corrected chi connectivity index (χ4v) is 4.30. The molecule has 0 bridgehead atoms. The smallest absolute Gasteiger partial charge is 0.326 e. The number of Topliss-reactive ketones (excluding diaryl/α,β-unsaturated/α-hetero) is 1. The zero-order valence-corrected chi connectivity index (χ0v) is 16.7. The second-order valence-electron chi connectivity index (χ2n) is 7.35. The van der Waals surface area contributed by atoms with Crippen LogP contribution >= 0.6 is 0 Å². The second kappa shape index (κ2) is 9.67. The van der Waals surface area contributed by atoms with Gasteiger partial charge in [0.1, 0.15) is 6.04 Å². The van der Waals surface area contributed by atoms with Gasteiger partial charge in [-0.15, -0.1) is 0 Å². The zero-order valence-electron chi connectivity index (χ0n) is 16.7. The molecule has 3 atom stereocenters. The number of carboxylic acids is 1. The molecule has 1 aliphatic heterocycles. The van der Waals surface area contributed by atoms with Gasteiger partial charge in [-0.25, -0.2) is 10.7 Å². The Balaban J connectivity index is 0.00000145. The summed E-state index contributed by atoms with van der Waals surface area (Å²) in [5, 5.41) is 26.5. The summed E-state index contributed by atoms with van der Waals surface area (Å²) in [6.45, 7) is 3.56. The first-order valence-electron chi connectivity index (χ1n) is 9.71. The average molecular weight is 404 g/mol. The molecule has 0 aromatic heterocycles. The van der Waals surface area contributed by atoms with Gasteiger partial charge in [-0.05, 0) is 37.3 Å². The van der Waals surface area contributed by atoms with Crippen molar-refractivity contribution in [1.29, 1.82) is 0 Å². The van der Waals surface area contributed by atoms with Crippen molar-refractivity contribution < 1.29 is 29.8 Å². The van der Waals surface area contributed by atoms with Gasteiger partial charge in [0.15, 0.2) is 11.5 Å². The van der Waals surface area contributed by atoms with Crippen LogP contribution in [0.2, 0.25) is 0 Å². The monoisotopic (exact) mass is 404 g/mol. The lowest BCUT2D eigenvalue weighted by Gasteiger charge is -2.37. The van der Waals surface area contributed by atoms with E-state index in [2.05, 4.69) is 5.90 Å². The van der Waals surface area contributed by atoms with Crippen molar-refractivity contribution in [2.75, 3.05) is 0 Å². The summed E-state index contributed by atoms with van der Waals surface area (Å²) < 4.78 is 0. The number of rotatable bonds is 6. The maximum atomic E-state index is 13.1. The molecule has 1 aromatic rings. The first-order valence-corrected chi connectivity index (χ1v) is 9.71. The number of aliphatic hydroxyl groups is 1. The molecule has 3 unspecified atom stereocenters. The van der Waals surface area contributed by atoms with Gasteiger partial charge in [-0.1, -0.05) is 44.0 Å². The fourth-order valence-electron chi connectivity index (χ4n) is 4.30. The van der Waals surface area contributed by atoms with Crippen LogP contribution in [-0.2, 0) is 16.0 Å². The van der Waals surface area contributed by atoms with Crippen LogP contribution in [0.4, 0.5) is 0 Å². The van der Waals surface area contributed by atoms with Crippen molar-refractivity contribution in [2.24, 2.45) is 11.8 Å². The molecule has 8 heteroatoms. The standard InChI is InChI=1S/C21H25NO5.H3NO/c1-3-4-9-16(21(26)27)22-17(12(2)18(23)20(22)25)15-11-10-13-7-5-6-8-14(13)19(15)24;1-2/h5-8,15-17,23H,3-4,9-11H2,1-2H3,(H,26,27);2H,1H2. The van der Waals surface area contributed by atoms with Crippen molar-refractivity contribution in [3.63, 3.8) is 0 Å². The molecule has 0 saturated carbocycles. The zero-order chi connectivity index (χ0) is 21.7. The molecular weight excluding hydrogens is 376 g/mol. The Hall–Kier alpha value is -2.71. The number of fused-ring (bicyclic) bond motifs is 1. The number of hydrogen-bond acceptors (Lipinski definition) is 6. The highest BCUT2D eigenvalue weighted by Crippen LogP contribution is 2.38. The average Bonchev–Trinajstić information content (AvgIpc) is 2.94. The summed E-state index contributed by atoms with van der Waals surface area (Å²) in [4.78, 5) is 38.9. The molecule has 5 N–H and O–H groups in total. The third-order valence-corrected chi connectivity index (χ3v) is 5.73. The molecule has 1 heterocycles. The molecule has 0 radical (unpaired) electrons. The molecule has 3 rings (SSSR count). The van der Waals surface area contributed by atoms with E-state index in [1.54, 1.807) is 19.1 Å². The number of nitrogens with two attached hydrogens (primary N) is 1. The van der Waals surface area contributed by atoms with E-state index in [9.17, 15) is 24.6 Å². The summed E-state index contributed by atoms with van der Waals surface area (Å²) in [5.41, 5.74) is 1.99. The quantitative estimate of drug-likeness (QED) is 0.534. The van der Waals surface area contributed by atoms with Crippen molar-refractivity contribution in [1.82, 2.24) is 4.90 Å². The number of carbonyl (C=O) groups is 3. The van der Waals surface area contributed by atoms with Gasteiger partial charge in [0.05, 0.1) is 6.04 Å². The molecule has 1 aliphatic carbocycles. The lowest BCUT2D eigenvalue weighted by atomic mass is 9.77. The van der Waals surface area contributed by atoms with Gasteiger partial charge in [0, 0.05) is 11.5 Å². The number of aliphatic carboxylic acids is 1. The number of aryl methyl sites for hydroxylation is 1. The highest BCUT2D eigenvalue weighted by atomic mass is 16.4. The van der Waals surface area contributed by atoms with Crippen molar-refractivity contribution >= 4 is 17.7 Å². The number of aliphatic hydroxyl groups excluding tert-OH is 1. The van der Waals surface area contributed by atoms with E-state index in [1.165, 1.54) is 4.90 Å². The predicted molar refractivity (Wildman–Crippen MR) is 105 cm³/mol. The Kier molecular flexibility index (Phi) is 7.53. The first kappa shape index (κ1) is 22.6. The van der Waals surface area contributed by atoms with Crippen LogP contribution in [0.3, 0.4) is 0 Å². The van der Waals surface area contributed by atoms with E-state index in [-0.39, 0.29) is 5.78 Å². The Labute approximate surface area is 169 Å². The van der Waals surface area contributed by atoms with Crippen LogP contribution in [0.25, 0.3) is 0 Å². The summed E-state index contributed by atoms with van der Waals surface area (Å²) >= 11 is 0. The highest BCUT2D eigenvalue weighted by molar-refractivity contribution is 6.03. The highest BCUT2D eigenvalue weighted by Gasteiger charge is 2.49. The SMILES string of the molecule is CCCCC(C(=O)O)N1C(=O)C(O)=C(C)C1C1CCc2ccccc2C1=O.NO. The number of unbranched alkanes of at least 4 members (excludes halogenated alkanes) is 1. The van der Waals surface area contributed by atoms with Crippen molar-refractivity contribution in [2.45, 2.75) is 58.0 Å². The minimum atomic E-state index is -1.10. The topological polar surface area (TPSA) is 141 Å². The minimum absolute atomic E-state index is 0.0895. The first-order chi connectivity index (χ1) is 13.9. The summed E-state index contributed by atoms with van der Waals surface area (Å²) in [5.74, 6) is 0.653. The van der Waals surface area contributed by atoms with Crippen molar-refractivity contribution in [3.8, 4) is 0 Å². The molecule has 0 spiro atoms. The molecule has 0 fully saturated rings. The van der Waals surface area contributed by atoms with Crippen LogP contribution < -0.4 is 5.90 Å². The molecule has 1 aromatic carbocycles. The molecule has 2 aliphatic rings. The maximum absolute atomic E-state index is 13.1. The van der Waals surface area contributed by atoms with Gasteiger partial charge in [-0.3, -0.25) is 9.59 Å². The molecular formula is C21H28N2O6. The van der Waals surface area contributed by atoms with Gasteiger partial charge in [0.25, 0.3) is 5.91 Å². The summed E-state index contributed by atoms with van der Waals surface area (Å²) in [6, 6.07) is 5.62. The van der Waals surface area contributed by atoms with Gasteiger partial charge in [0.2, 0.25) is 0 Å². The molecule has 29 heavy (non-hydrogen) atoms. The Morgan fingerprint density at radius 1 is 1.28 bits per heavy atom. The maximum Gasteiger partial charge on any atom is 0.326 e. The molecule has 0 saturated heterocycles. The lowest BCUT2D eigenvalue weighted by Crippen LogP contribution is -2.52. The van der Waals surface area contributed by atoms with E-state index >= 15 is 0 Å². The minimum Gasteiger partial charge on any atom is -0.503 e. The van der Waals surface area contributed by atoms with Crippen LogP contribution in [0.5, 0.6) is 0 Å². The normalized spacial score (nSPS) is 22.1. The molecule has 1 amide bonds. The van der Waals surface area contributed by atoms with Gasteiger partial charge in [-0.2, -0.15) is 0 Å². The number of hydrogen-bond donors (Lipinski definition) is 4. The number of ketones is 1. The van der Waals surface area contributed by atoms with Crippen LogP contribution in [0.1, 0.15) is 55.5 Å². The summed E-state index contributed by atoms with van der Waals surface area (Å²) in [6.07, 6.45) is 2.95. The van der Waals surface area contributed by atoms with Gasteiger partial charge < -0.3 is 20.3 Å². The van der Waals surface area contributed by atoms with E-state index in [0.29, 0.717) is 36.8 Å². The molecule has 158 valence electrons. The number of carboxylic acid groups (broad SMARTS) is 1. The van der Waals surface area contributed by atoms with E-state index in [0.717, 1.165) is 12.0 Å². The van der Waals surface area contributed by atoms with E-state index < -0.39 is 35.6 Å². The Bertz CT molecular complexity index is 819. The van der Waals surface area contributed by atoms with Crippen LogP contribution in [0, 0.1) is 5.92 Å². The van der Waals surface area contributed by atoms with E-state index in [4.69, 9.17) is 5.21 Å². The largest absolute Gasteiger partial charge is 0.503 e. The van der Waals surface area contributed by atoms with Crippen molar-refractivity contribution in [3.05, 3.63) is 46.7 Å². The predicted octanol–water partition coefficient (Wildman–Crippen LogP) is 2.45. The number of amides is 1. The lowest BCUT2D eigenvalue weighted by molar-refractivity contribution is -0.150. The second-order valence-corrected chi connectivity index (χ2v) is 7.35. The van der Waals surface area contributed by atoms with Crippen LogP contribution in [0.15, 0.2) is 35.6 Å². The van der Waals surface area contributed by atoms with Crippen LogP contribution in [-0.4, -0.2) is 50.1 Å². The Morgan fingerprint density at radius 2 is 1.93 bits per heavy atom. The summed E-state index contributed by atoms with van der Waals surface area (Å²) in [7, 11) is 0. The fraction of sp³-hybridized carbons (Fsp3) is 0.476. The number of carbonyl (C=O) groups excluding carboxylic acids is 2. The third-order valence-electron chi connectivity index (χ3n) is 5.73. The number of nitrogens with zero attached hydrogens (tertiary/aromatic N) is 1. The number of benzene rings is 1.